The summed E-state index contributed by atoms with van der Waals surface area (Å²) in [6, 6.07) is 4.97. The highest BCUT2D eigenvalue weighted by Crippen LogP contribution is 2.53. The predicted octanol–water partition coefficient (Wildman–Crippen LogP) is 4.99. The lowest BCUT2D eigenvalue weighted by molar-refractivity contribution is -0.334. The van der Waals surface area contributed by atoms with E-state index in [0.717, 1.165) is 24.3 Å². The average Bonchev–Trinajstić information content (AvgIpc) is 3.08. The molecule has 0 aromatic heterocycles. The van der Waals surface area contributed by atoms with Gasteiger partial charge in [0.1, 0.15) is 11.6 Å². The lowest BCUT2D eigenvalue weighted by Crippen LogP contribution is -2.59. The van der Waals surface area contributed by atoms with Crippen molar-refractivity contribution < 1.29 is 50.1 Å². The summed E-state index contributed by atoms with van der Waals surface area (Å²) in [6.45, 7) is 1.70. The number of amides is 2. The van der Waals surface area contributed by atoms with E-state index in [1.54, 1.807) is 0 Å². The molecule has 4 unspecified atom stereocenters. The third kappa shape index (κ3) is 5.01. The van der Waals surface area contributed by atoms with Gasteiger partial charge in [0.2, 0.25) is 0 Å². The van der Waals surface area contributed by atoms with Gasteiger partial charge in [-0.25, -0.2) is 9.18 Å². The van der Waals surface area contributed by atoms with Crippen LogP contribution in [-0.4, -0.2) is 43.4 Å². The van der Waals surface area contributed by atoms with Crippen LogP contribution in [0.25, 0.3) is 0 Å². The van der Waals surface area contributed by atoms with E-state index in [1.807, 2.05) is 6.92 Å². The van der Waals surface area contributed by atoms with Crippen LogP contribution in [0.4, 0.5) is 36.8 Å². The number of piperidine rings is 1. The second kappa shape index (κ2) is 9.42. The molecule has 2 aromatic carbocycles. The number of anilines is 1. The first kappa shape index (κ1) is 26.2. The fourth-order valence-corrected chi connectivity index (χ4v) is 4.64. The summed E-state index contributed by atoms with van der Waals surface area (Å²) in [7, 11) is 0. The molecule has 14 heteroatoms. The van der Waals surface area contributed by atoms with Gasteiger partial charge >= 0.3 is 18.5 Å². The minimum atomic E-state index is -4.81. The van der Waals surface area contributed by atoms with Crippen LogP contribution < -0.4 is 30.2 Å². The molecule has 2 amide bonds. The Kier molecular flexibility index (Phi) is 6.50. The van der Waals surface area contributed by atoms with Gasteiger partial charge in [-0.15, -0.1) is 8.78 Å². The van der Waals surface area contributed by atoms with E-state index in [4.69, 9.17) is 9.47 Å². The van der Waals surface area contributed by atoms with Crippen LogP contribution in [0.1, 0.15) is 31.7 Å². The number of fused-ring (bicyclic) bond motifs is 1. The van der Waals surface area contributed by atoms with Gasteiger partial charge in [-0.2, -0.15) is 13.2 Å². The molecule has 0 spiro atoms. The Balaban J connectivity index is 1.32. The van der Waals surface area contributed by atoms with E-state index in [9.17, 15) is 31.1 Å². The largest absolute Gasteiger partial charge is 0.586 e. The first-order chi connectivity index (χ1) is 17.8. The Labute approximate surface area is 212 Å². The predicted molar refractivity (Wildman–Crippen MR) is 120 cm³/mol. The number of alkyl halides is 5. The summed E-state index contributed by atoms with van der Waals surface area (Å²) in [5, 5.41) is 8.27. The molecule has 3 N–H and O–H groups in total. The Morgan fingerprint density at radius 2 is 1.84 bits per heavy atom. The van der Waals surface area contributed by atoms with Crippen LogP contribution in [0.3, 0.4) is 0 Å². The van der Waals surface area contributed by atoms with Crippen molar-refractivity contribution in [3.8, 4) is 17.2 Å². The molecule has 8 nitrogen and oxygen atoms in total. The third-order valence-corrected chi connectivity index (χ3v) is 6.59. The molecule has 2 saturated heterocycles. The van der Waals surface area contributed by atoms with E-state index in [0.29, 0.717) is 12.8 Å². The molecule has 2 fully saturated rings. The number of carbonyl (C=O) groups is 1. The fraction of sp³-hybridized carbons (Fsp3) is 0.458. The van der Waals surface area contributed by atoms with Crippen LogP contribution in [0, 0.1) is 5.82 Å². The van der Waals surface area contributed by atoms with E-state index in [-0.39, 0.29) is 35.6 Å². The Hall–Kier alpha value is -3.39. The topological polar surface area (TPSA) is 90.1 Å². The minimum Gasteiger partial charge on any atom is -0.473 e. The molecule has 0 saturated carbocycles. The van der Waals surface area contributed by atoms with Crippen LogP contribution in [0.2, 0.25) is 0 Å². The van der Waals surface area contributed by atoms with Gasteiger partial charge in [-0.05, 0) is 50.1 Å². The number of nitrogens with one attached hydrogen (secondary N) is 3. The number of halogens is 6. The zero-order valence-corrected chi connectivity index (χ0v) is 19.8. The fourth-order valence-electron chi connectivity index (χ4n) is 4.64. The maximum absolute atomic E-state index is 14.0. The Morgan fingerprint density at radius 1 is 1.11 bits per heavy atom. The summed E-state index contributed by atoms with van der Waals surface area (Å²) in [4.78, 5) is 12.7. The van der Waals surface area contributed by atoms with E-state index >= 15 is 0 Å². The standard InChI is InChI=1S/C24H23F6N3O5/c1-12-2-5-16(33-21(34)32-14-4-7-18-19(11-14)38-24(29,30)37-18)20(31-12)36-17-6-3-13(25)10-15(17)22(8-9-35-22)23(26,27)28/h3-4,6-7,10-12,16,20,31H,2,5,8-9H2,1H3,(H2,32,33,34). The highest BCUT2D eigenvalue weighted by Gasteiger charge is 2.62. The Morgan fingerprint density at radius 3 is 2.53 bits per heavy atom. The molecular formula is C24H23F6N3O5. The first-order valence-corrected chi connectivity index (χ1v) is 11.8. The van der Waals surface area contributed by atoms with Gasteiger partial charge in [-0.1, -0.05) is 0 Å². The maximum Gasteiger partial charge on any atom is 0.586 e. The normalized spacial score (nSPS) is 27.8. The maximum atomic E-state index is 14.0. The van der Waals surface area contributed by atoms with E-state index in [2.05, 4.69) is 25.4 Å². The molecule has 4 atom stereocenters. The van der Waals surface area contributed by atoms with Crippen LogP contribution in [0.5, 0.6) is 17.2 Å². The van der Waals surface area contributed by atoms with Crippen molar-refractivity contribution in [1.29, 1.82) is 0 Å². The molecule has 0 radical (unpaired) electrons. The van der Waals surface area contributed by atoms with Crippen molar-refractivity contribution in [3.63, 3.8) is 0 Å². The highest BCUT2D eigenvalue weighted by molar-refractivity contribution is 5.90. The summed E-state index contributed by atoms with van der Waals surface area (Å²) in [6.07, 6.45) is -8.98. The summed E-state index contributed by atoms with van der Waals surface area (Å²) < 4.78 is 102. The van der Waals surface area contributed by atoms with Crippen LogP contribution in [0.15, 0.2) is 36.4 Å². The molecule has 2 aromatic rings. The lowest BCUT2D eigenvalue weighted by Gasteiger charge is -2.44. The first-order valence-electron chi connectivity index (χ1n) is 11.8. The zero-order chi connectivity index (χ0) is 27.3. The average molecular weight is 547 g/mol. The molecule has 0 aliphatic carbocycles. The molecule has 38 heavy (non-hydrogen) atoms. The second-order valence-electron chi connectivity index (χ2n) is 9.28. The minimum absolute atomic E-state index is 0.0999. The van der Waals surface area contributed by atoms with Crippen molar-refractivity contribution in [2.45, 2.75) is 62.6 Å². The monoisotopic (exact) mass is 547 g/mol. The van der Waals surface area contributed by atoms with Crippen molar-refractivity contribution in [2.75, 3.05) is 11.9 Å². The molecule has 3 aliphatic heterocycles. The number of urea groups is 1. The number of carbonyl (C=O) groups excluding carboxylic acids is 1. The summed E-state index contributed by atoms with van der Waals surface area (Å²) in [5.74, 6) is -1.57. The van der Waals surface area contributed by atoms with Gasteiger partial charge < -0.3 is 29.6 Å². The summed E-state index contributed by atoms with van der Waals surface area (Å²) in [5.41, 5.74) is -3.05. The number of ether oxygens (including phenoxy) is 4. The Bertz CT molecular complexity index is 1220. The smallest absolute Gasteiger partial charge is 0.473 e. The van der Waals surface area contributed by atoms with Crippen LogP contribution in [-0.2, 0) is 10.3 Å². The molecule has 3 aliphatic rings. The van der Waals surface area contributed by atoms with Gasteiger partial charge in [0.05, 0.1) is 12.6 Å². The number of hydrogen-bond donors (Lipinski definition) is 3. The molecular weight excluding hydrogens is 524 g/mol. The third-order valence-electron chi connectivity index (χ3n) is 6.59. The van der Waals surface area contributed by atoms with E-state index < -0.39 is 54.2 Å². The van der Waals surface area contributed by atoms with Gasteiger partial charge in [0, 0.05) is 29.8 Å². The second-order valence-corrected chi connectivity index (χ2v) is 9.28. The van der Waals surface area contributed by atoms with Crippen molar-refractivity contribution in [1.82, 2.24) is 10.6 Å². The lowest BCUT2D eigenvalue weighted by atomic mass is 9.85. The van der Waals surface area contributed by atoms with Gasteiger partial charge in [0.15, 0.2) is 23.3 Å². The number of rotatable bonds is 5. The molecule has 3 heterocycles. The number of hydrogen-bond acceptors (Lipinski definition) is 6. The summed E-state index contributed by atoms with van der Waals surface area (Å²) >= 11 is 0. The van der Waals surface area contributed by atoms with Crippen molar-refractivity contribution in [2.24, 2.45) is 0 Å². The van der Waals surface area contributed by atoms with Gasteiger partial charge in [-0.3, -0.25) is 5.32 Å². The SMILES string of the molecule is CC1CCC(NC(=O)Nc2ccc3c(c2)OC(F)(F)O3)C(Oc2ccc(F)cc2C2(C(F)(F)F)CCO2)N1. The molecule has 5 rings (SSSR count). The van der Waals surface area contributed by atoms with Gasteiger partial charge in [0.25, 0.3) is 0 Å². The molecule has 206 valence electrons. The van der Waals surface area contributed by atoms with Crippen molar-refractivity contribution >= 4 is 11.7 Å². The zero-order valence-electron chi connectivity index (χ0n) is 19.8. The van der Waals surface area contributed by atoms with Crippen molar-refractivity contribution in [3.05, 3.63) is 47.8 Å². The highest BCUT2D eigenvalue weighted by atomic mass is 19.4. The number of benzene rings is 2. The quantitative estimate of drug-likeness (QED) is 0.457. The van der Waals surface area contributed by atoms with E-state index in [1.165, 1.54) is 12.1 Å². The van der Waals surface area contributed by atoms with Crippen LogP contribution >= 0.6 is 0 Å². The molecule has 0 bridgehead atoms.